The summed E-state index contributed by atoms with van der Waals surface area (Å²) >= 11 is 6.21. The van der Waals surface area contributed by atoms with Crippen LogP contribution in [0.1, 0.15) is 37.3 Å². The molecule has 0 atom stereocenters. The molecule has 2 heterocycles. The molecule has 0 spiro atoms. The summed E-state index contributed by atoms with van der Waals surface area (Å²) in [4.78, 5) is 16.8. The average molecular weight is 410 g/mol. The highest BCUT2D eigenvalue weighted by Gasteiger charge is 2.37. The van der Waals surface area contributed by atoms with Crippen LogP contribution in [-0.2, 0) is 5.41 Å². The molecule has 0 bridgehead atoms. The summed E-state index contributed by atoms with van der Waals surface area (Å²) < 4.78 is 1.55. The highest BCUT2D eigenvalue weighted by molar-refractivity contribution is 6.30. The molecule has 150 valence electrons. The van der Waals surface area contributed by atoms with Crippen LogP contribution in [0.2, 0.25) is 5.02 Å². The van der Waals surface area contributed by atoms with Crippen molar-refractivity contribution in [1.29, 1.82) is 0 Å². The van der Waals surface area contributed by atoms with Gasteiger partial charge in [0.1, 0.15) is 5.69 Å². The number of hydrogen-bond acceptors (Lipinski definition) is 5. The first kappa shape index (κ1) is 19.6. The predicted octanol–water partition coefficient (Wildman–Crippen LogP) is 3.55. The van der Waals surface area contributed by atoms with Crippen molar-refractivity contribution >= 4 is 17.3 Å². The van der Waals surface area contributed by atoms with Gasteiger partial charge >= 0.3 is 0 Å². The SMILES string of the molecule is NC[C@]1(c2cccc(Cl)c2)CC[C@H](n2nc(-c3cccnc3)cc(N)c2=O)CC1. The standard InChI is InChI=1S/C22H24ClN5O/c23-17-5-1-4-16(11-17)22(14-24)8-6-18(7-9-22)28-21(29)19(25)12-20(27-28)15-3-2-10-26-13-15/h1-5,10-13,18H,6-9,14,24-25H2/t18-,22-. The Balaban J connectivity index is 1.63. The third-order valence-corrected chi connectivity index (χ3v) is 6.24. The van der Waals surface area contributed by atoms with E-state index in [4.69, 9.17) is 23.1 Å². The van der Waals surface area contributed by atoms with Crippen molar-refractivity contribution in [2.75, 3.05) is 12.3 Å². The van der Waals surface area contributed by atoms with Crippen molar-refractivity contribution in [3.8, 4) is 11.3 Å². The Morgan fingerprint density at radius 2 is 1.97 bits per heavy atom. The first-order valence-corrected chi connectivity index (χ1v) is 10.2. The summed E-state index contributed by atoms with van der Waals surface area (Å²) in [6.45, 7) is 0.542. The molecule has 29 heavy (non-hydrogen) atoms. The first-order chi connectivity index (χ1) is 14.0. The maximum absolute atomic E-state index is 12.7. The summed E-state index contributed by atoms with van der Waals surface area (Å²) in [5.74, 6) is 0. The monoisotopic (exact) mass is 409 g/mol. The zero-order chi connectivity index (χ0) is 20.4. The van der Waals surface area contributed by atoms with E-state index in [1.54, 1.807) is 23.1 Å². The first-order valence-electron chi connectivity index (χ1n) is 9.78. The summed E-state index contributed by atoms with van der Waals surface area (Å²) in [6.07, 6.45) is 6.74. The van der Waals surface area contributed by atoms with Gasteiger partial charge in [-0.3, -0.25) is 9.78 Å². The quantitative estimate of drug-likeness (QED) is 0.686. The highest BCUT2D eigenvalue weighted by Crippen LogP contribution is 2.42. The van der Waals surface area contributed by atoms with Crippen LogP contribution >= 0.6 is 11.6 Å². The van der Waals surface area contributed by atoms with Crippen LogP contribution in [0, 0.1) is 0 Å². The Morgan fingerprint density at radius 1 is 1.17 bits per heavy atom. The van der Waals surface area contributed by atoms with Gasteiger partial charge in [-0.25, -0.2) is 4.68 Å². The van der Waals surface area contributed by atoms with Crippen molar-refractivity contribution in [2.45, 2.75) is 37.1 Å². The van der Waals surface area contributed by atoms with Gasteiger partial charge in [0.25, 0.3) is 5.56 Å². The summed E-state index contributed by atoms with van der Waals surface area (Å²) in [7, 11) is 0. The number of halogens is 1. The maximum Gasteiger partial charge on any atom is 0.290 e. The van der Waals surface area contributed by atoms with E-state index in [2.05, 4.69) is 16.1 Å². The van der Waals surface area contributed by atoms with Gasteiger partial charge in [-0.1, -0.05) is 23.7 Å². The molecule has 0 saturated heterocycles. The highest BCUT2D eigenvalue weighted by atomic mass is 35.5. The van der Waals surface area contributed by atoms with E-state index in [1.807, 2.05) is 30.3 Å². The fourth-order valence-corrected chi connectivity index (χ4v) is 4.45. The molecule has 4 N–H and O–H groups in total. The zero-order valence-electron chi connectivity index (χ0n) is 16.1. The van der Waals surface area contributed by atoms with Crippen LogP contribution in [0.25, 0.3) is 11.3 Å². The molecule has 0 unspecified atom stereocenters. The lowest BCUT2D eigenvalue weighted by atomic mass is 9.68. The van der Waals surface area contributed by atoms with E-state index < -0.39 is 0 Å². The predicted molar refractivity (Wildman–Crippen MR) is 116 cm³/mol. The molecule has 0 amide bonds. The van der Waals surface area contributed by atoms with Gasteiger partial charge in [-0.05, 0) is 61.6 Å². The number of nitrogens with zero attached hydrogens (tertiary/aromatic N) is 3. The molecule has 6 nitrogen and oxygen atoms in total. The number of nitrogens with two attached hydrogens (primary N) is 2. The van der Waals surface area contributed by atoms with Gasteiger partial charge < -0.3 is 11.5 Å². The third kappa shape index (κ3) is 3.78. The van der Waals surface area contributed by atoms with Crippen LogP contribution in [0.5, 0.6) is 0 Å². The minimum absolute atomic E-state index is 0.0136. The molecule has 3 aromatic rings. The molecular formula is C22H24ClN5O. The Hall–Kier alpha value is -2.70. The fourth-order valence-electron chi connectivity index (χ4n) is 4.26. The topological polar surface area (TPSA) is 99.8 Å². The molecule has 1 aliphatic carbocycles. The van der Waals surface area contributed by atoms with Gasteiger partial charge in [0.2, 0.25) is 0 Å². The van der Waals surface area contributed by atoms with E-state index in [0.29, 0.717) is 17.3 Å². The lowest BCUT2D eigenvalue weighted by Crippen LogP contribution is -2.41. The van der Waals surface area contributed by atoms with E-state index in [1.165, 1.54) is 0 Å². The van der Waals surface area contributed by atoms with Gasteiger partial charge in [0.05, 0.1) is 11.7 Å². The molecule has 7 heteroatoms. The van der Waals surface area contributed by atoms with Crippen molar-refractivity contribution < 1.29 is 0 Å². The Morgan fingerprint density at radius 3 is 2.62 bits per heavy atom. The molecule has 1 aromatic carbocycles. The van der Waals surface area contributed by atoms with Crippen molar-refractivity contribution in [1.82, 2.24) is 14.8 Å². The Labute approximate surface area is 174 Å². The number of hydrogen-bond donors (Lipinski definition) is 2. The molecule has 1 aliphatic rings. The molecule has 2 aromatic heterocycles. The van der Waals surface area contributed by atoms with Gasteiger partial charge in [0, 0.05) is 34.9 Å². The fraction of sp³-hybridized carbons (Fsp3) is 0.318. The second kappa shape index (κ2) is 7.97. The number of benzene rings is 1. The molecule has 0 aliphatic heterocycles. The van der Waals surface area contributed by atoms with Gasteiger partial charge in [0.15, 0.2) is 0 Å². The second-order valence-electron chi connectivity index (χ2n) is 7.70. The third-order valence-electron chi connectivity index (χ3n) is 6.01. The van der Waals surface area contributed by atoms with Crippen molar-refractivity contribution in [3.63, 3.8) is 0 Å². The largest absolute Gasteiger partial charge is 0.394 e. The van der Waals surface area contributed by atoms with E-state index in [-0.39, 0.29) is 22.7 Å². The number of anilines is 1. The number of rotatable bonds is 4. The van der Waals surface area contributed by atoms with Crippen LogP contribution < -0.4 is 17.0 Å². The molecule has 0 radical (unpaired) electrons. The van der Waals surface area contributed by atoms with Crippen LogP contribution in [0.3, 0.4) is 0 Å². The average Bonchev–Trinajstić information content (AvgIpc) is 2.76. The van der Waals surface area contributed by atoms with E-state index in [0.717, 1.165) is 36.8 Å². The Kier molecular flexibility index (Phi) is 5.39. The van der Waals surface area contributed by atoms with Crippen LogP contribution in [0.4, 0.5) is 5.69 Å². The van der Waals surface area contributed by atoms with Crippen molar-refractivity contribution in [2.24, 2.45) is 5.73 Å². The normalized spacial score (nSPS) is 21.8. The molecular weight excluding hydrogens is 386 g/mol. The van der Waals surface area contributed by atoms with Crippen LogP contribution in [-0.4, -0.2) is 21.3 Å². The minimum atomic E-state index is -0.245. The van der Waals surface area contributed by atoms with Crippen molar-refractivity contribution in [3.05, 3.63) is 75.8 Å². The molecule has 1 saturated carbocycles. The minimum Gasteiger partial charge on any atom is -0.394 e. The summed E-state index contributed by atoms with van der Waals surface area (Å²) in [6, 6.07) is 13.3. The lowest BCUT2D eigenvalue weighted by Gasteiger charge is -2.40. The second-order valence-corrected chi connectivity index (χ2v) is 8.14. The number of nitrogen functional groups attached to an aromatic ring is 1. The molecule has 1 fully saturated rings. The smallest absolute Gasteiger partial charge is 0.290 e. The summed E-state index contributed by atoms with van der Waals surface area (Å²) in [5.41, 5.74) is 14.7. The zero-order valence-corrected chi connectivity index (χ0v) is 16.8. The number of aromatic nitrogens is 3. The lowest BCUT2D eigenvalue weighted by molar-refractivity contribution is 0.222. The van der Waals surface area contributed by atoms with Crippen LogP contribution in [0.15, 0.2) is 59.7 Å². The number of pyridine rings is 1. The molecule has 4 rings (SSSR count). The Bertz CT molecular complexity index is 1060. The van der Waals surface area contributed by atoms with Gasteiger partial charge in [-0.15, -0.1) is 0 Å². The van der Waals surface area contributed by atoms with E-state index >= 15 is 0 Å². The van der Waals surface area contributed by atoms with E-state index in [9.17, 15) is 4.79 Å². The van der Waals surface area contributed by atoms with Gasteiger partial charge in [-0.2, -0.15) is 5.10 Å². The summed E-state index contributed by atoms with van der Waals surface area (Å²) in [5, 5.41) is 5.33. The maximum atomic E-state index is 12.7.